The minimum Gasteiger partial charge on any atom is -0.327 e. The molecule has 7 heteroatoms. The van der Waals surface area contributed by atoms with Crippen molar-refractivity contribution in [2.45, 2.75) is 4.90 Å². The Hall–Kier alpha value is -2.02. The summed E-state index contributed by atoms with van der Waals surface area (Å²) in [5.41, 5.74) is 1.39. The molecule has 2 amide bonds. The summed E-state index contributed by atoms with van der Waals surface area (Å²) in [5, 5.41) is 3.39. The number of piperazine rings is 1. The largest absolute Gasteiger partial charge is 0.327 e. The van der Waals surface area contributed by atoms with E-state index in [2.05, 4.69) is 5.32 Å². The number of hydrogen-bond donors (Lipinski definition) is 2. The highest BCUT2D eigenvalue weighted by atomic mass is 35.5. The zero-order valence-electron chi connectivity index (χ0n) is 15.2. The van der Waals surface area contributed by atoms with Crippen LogP contribution in [0.1, 0.15) is 10.4 Å². The van der Waals surface area contributed by atoms with Crippen LogP contribution in [0.4, 0.5) is 5.69 Å². The Balaban J connectivity index is 1.52. The number of carbonyl (C=O) groups is 2. The van der Waals surface area contributed by atoms with Gasteiger partial charge in [0.05, 0.1) is 42.5 Å². The molecule has 27 heavy (non-hydrogen) atoms. The van der Waals surface area contributed by atoms with Crippen molar-refractivity contribution < 1.29 is 14.5 Å². The molecular formula is C20H23ClN3O2S+. The summed E-state index contributed by atoms with van der Waals surface area (Å²) in [7, 11) is 0. The first-order valence-corrected chi connectivity index (χ1v) is 10.5. The average molecular weight is 405 g/mol. The first-order valence-electron chi connectivity index (χ1n) is 8.88. The van der Waals surface area contributed by atoms with Gasteiger partial charge in [0.25, 0.3) is 11.8 Å². The van der Waals surface area contributed by atoms with Crippen LogP contribution in [-0.4, -0.2) is 55.7 Å². The number of nitrogens with zero attached hydrogens (tertiary/aromatic N) is 1. The van der Waals surface area contributed by atoms with Crippen LogP contribution >= 0.6 is 23.4 Å². The minimum atomic E-state index is -0.0643. The number of carbonyl (C=O) groups excluding carboxylic acids is 2. The number of nitrogens with one attached hydrogen (secondary N) is 2. The number of thioether (sulfide) groups is 1. The molecule has 2 aromatic rings. The van der Waals surface area contributed by atoms with Gasteiger partial charge in [-0.3, -0.25) is 9.59 Å². The third-order valence-corrected chi connectivity index (χ3v) is 5.78. The number of benzene rings is 2. The molecule has 1 aliphatic rings. The summed E-state index contributed by atoms with van der Waals surface area (Å²) in [6.45, 7) is 3.17. The van der Waals surface area contributed by atoms with Gasteiger partial charge in [0.2, 0.25) is 0 Å². The lowest BCUT2D eigenvalue weighted by atomic mass is 10.2. The second-order valence-electron chi connectivity index (χ2n) is 6.45. The Kier molecular flexibility index (Phi) is 6.77. The fourth-order valence-corrected chi connectivity index (χ4v) is 3.95. The van der Waals surface area contributed by atoms with Gasteiger partial charge in [-0.1, -0.05) is 35.9 Å². The lowest BCUT2D eigenvalue weighted by Crippen LogP contribution is -3.15. The molecule has 142 valence electrons. The van der Waals surface area contributed by atoms with Crippen LogP contribution in [0.15, 0.2) is 53.4 Å². The van der Waals surface area contributed by atoms with Gasteiger partial charge in [-0.15, -0.1) is 11.8 Å². The molecular weight excluding hydrogens is 382 g/mol. The SMILES string of the molecule is CSc1ccccc1C(=O)N1CC[NH+](CC(=O)Nc2ccccc2Cl)CC1. The van der Waals surface area contributed by atoms with E-state index in [1.54, 1.807) is 23.9 Å². The highest BCUT2D eigenvalue weighted by Crippen LogP contribution is 2.21. The average Bonchev–Trinajstić information content (AvgIpc) is 2.69. The minimum absolute atomic E-state index is 0.0643. The summed E-state index contributed by atoms with van der Waals surface area (Å²) < 4.78 is 0. The standard InChI is InChI=1S/C20H22ClN3O2S/c1-27-18-9-5-2-6-15(18)20(26)24-12-10-23(11-13-24)14-19(25)22-17-8-4-3-7-16(17)21/h2-9H,10-14H2,1H3,(H,22,25)/p+1. The summed E-state index contributed by atoms with van der Waals surface area (Å²) in [5.74, 6) is 0.00474. The van der Waals surface area contributed by atoms with Crippen molar-refractivity contribution in [1.29, 1.82) is 0 Å². The van der Waals surface area contributed by atoms with Gasteiger partial charge in [0, 0.05) is 4.90 Å². The molecule has 0 radical (unpaired) electrons. The fourth-order valence-electron chi connectivity index (χ4n) is 3.18. The van der Waals surface area contributed by atoms with Crippen LogP contribution in [0.5, 0.6) is 0 Å². The second kappa shape index (κ2) is 9.26. The normalized spacial score (nSPS) is 14.8. The van der Waals surface area contributed by atoms with Crippen molar-refractivity contribution in [2.24, 2.45) is 0 Å². The molecule has 1 fully saturated rings. The highest BCUT2D eigenvalue weighted by Gasteiger charge is 2.27. The zero-order valence-corrected chi connectivity index (χ0v) is 16.8. The zero-order chi connectivity index (χ0) is 19.2. The number of halogens is 1. The number of rotatable bonds is 5. The molecule has 0 atom stereocenters. The molecule has 0 aliphatic carbocycles. The molecule has 0 aromatic heterocycles. The monoisotopic (exact) mass is 404 g/mol. The molecule has 1 aliphatic heterocycles. The maximum atomic E-state index is 12.8. The van der Waals surface area contributed by atoms with E-state index in [4.69, 9.17) is 11.6 Å². The van der Waals surface area contributed by atoms with Gasteiger partial charge in [-0.2, -0.15) is 0 Å². The summed E-state index contributed by atoms with van der Waals surface area (Å²) in [4.78, 5) is 29.1. The molecule has 0 spiro atoms. The van der Waals surface area contributed by atoms with Crippen LogP contribution in [0, 0.1) is 0 Å². The molecule has 5 nitrogen and oxygen atoms in total. The molecule has 0 bridgehead atoms. The number of anilines is 1. The van der Waals surface area contributed by atoms with Gasteiger partial charge >= 0.3 is 0 Å². The Bertz CT molecular complexity index is 822. The smallest absolute Gasteiger partial charge is 0.279 e. The van der Waals surface area contributed by atoms with E-state index in [9.17, 15) is 9.59 Å². The predicted molar refractivity (Wildman–Crippen MR) is 110 cm³/mol. The number of para-hydroxylation sites is 1. The molecule has 0 saturated carbocycles. The quantitative estimate of drug-likeness (QED) is 0.750. The fraction of sp³-hybridized carbons (Fsp3) is 0.300. The van der Waals surface area contributed by atoms with Crippen LogP contribution in [0.25, 0.3) is 0 Å². The lowest BCUT2D eigenvalue weighted by Gasteiger charge is -2.32. The molecule has 2 aromatic carbocycles. The molecule has 3 rings (SSSR count). The van der Waals surface area contributed by atoms with Crippen LogP contribution in [0.3, 0.4) is 0 Å². The van der Waals surface area contributed by atoms with Crippen LogP contribution < -0.4 is 10.2 Å². The molecule has 1 heterocycles. The number of amides is 2. The first kappa shape index (κ1) is 19.7. The van der Waals surface area contributed by atoms with E-state index in [0.717, 1.165) is 23.5 Å². The summed E-state index contributed by atoms with van der Waals surface area (Å²) in [6.07, 6.45) is 1.98. The highest BCUT2D eigenvalue weighted by molar-refractivity contribution is 7.98. The number of hydrogen-bond acceptors (Lipinski definition) is 3. The van der Waals surface area contributed by atoms with Crippen molar-refractivity contribution in [3.63, 3.8) is 0 Å². The van der Waals surface area contributed by atoms with Crippen molar-refractivity contribution >= 4 is 40.9 Å². The van der Waals surface area contributed by atoms with Gasteiger partial charge in [-0.05, 0) is 30.5 Å². The van der Waals surface area contributed by atoms with E-state index in [1.807, 2.05) is 47.6 Å². The van der Waals surface area contributed by atoms with E-state index < -0.39 is 0 Å². The van der Waals surface area contributed by atoms with E-state index in [1.165, 1.54) is 4.90 Å². The lowest BCUT2D eigenvalue weighted by molar-refractivity contribution is -0.895. The second-order valence-corrected chi connectivity index (χ2v) is 7.70. The maximum absolute atomic E-state index is 12.8. The topological polar surface area (TPSA) is 53.9 Å². The van der Waals surface area contributed by atoms with Crippen molar-refractivity contribution in [3.05, 3.63) is 59.1 Å². The molecule has 2 N–H and O–H groups in total. The van der Waals surface area contributed by atoms with Crippen molar-refractivity contribution in [2.75, 3.05) is 44.3 Å². The molecule has 1 saturated heterocycles. The third kappa shape index (κ3) is 5.03. The van der Waals surface area contributed by atoms with E-state index in [0.29, 0.717) is 30.3 Å². The Labute approximate surface area is 168 Å². The summed E-state index contributed by atoms with van der Waals surface area (Å²) in [6, 6.07) is 14.9. The Morgan fingerprint density at radius 3 is 2.48 bits per heavy atom. The van der Waals surface area contributed by atoms with Gasteiger partial charge < -0.3 is 15.1 Å². The van der Waals surface area contributed by atoms with Crippen LogP contribution in [-0.2, 0) is 4.79 Å². The van der Waals surface area contributed by atoms with Crippen LogP contribution in [0.2, 0.25) is 5.02 Å². The van der Waals surface area contributed by atoms with E-state index in [-0.39, 0.29) is 11.8 Å². The first-order chi connectivity index (χ1) is 13.1. The Morgan fingerprint density at radius 2 is 1.78 bits per heavy atom. The van der Waals surface area contributed by atoms with Gasteiger partial charge in [0.1, 0.15) is 0 Å². The third-order valence-electron chi connectivity index (χ3n) is 4.65. The van der Waals surface area contributed by atoms with Gasteiger partial charge in [0.15, 0.2) is 6.54 Å². The van der Waals surface area contributed by atoms with Gasteiger partial charge in [-0.25, -0.2) is 0 Å². The van der Waals surface area contributed by atoms with Crippen molar-refractivity contribution in [3.8, 4) is 0 Å². The van der Waals surface area contributed by atoms with Crippen molar-refractivity contribution in [1.82, 2.24) is 4.90 Å². The Morgan fingerprint density at radius 1 is 1.11 bits per heavy atom. The maximum Gasteiger partial charge on any atom is 0.279 e. The number of quaternary nitrogens is 1. The molecule has 0 unspecified atom stereocenters. The van der Waals surface area contributed by atoms with E-state index >= 15 is 0 Å². The summed E-state index contributed by atoms with van der Waals surface area (Å²) >= 11 is 7.66. The predicted octanol–water partition coefficient (Wildman–Crippen LogP) is 2.04.